The fraction of sp³-hybridized carbons (Fsp3) is 0.625. The van der Waals surface area contributed by atoms with Crippen molar-refractivity contribution in [2.75, 3.05) is 6.54 Å². The van der Waals surface area contributed by atoms with Crippen LogP contribution in [0.4, 0.5) is 0 Å². The average Bonchev–Trinajstić information content (AvgIpc) is 2.05. The maximum Gasteiger partial charge on any atom is 0.0639 e. The molecule has 10 heavy (non-hydrogen) atoms. The zero-order chi connectivity index (χ0) is 6.81. The van der Waals surface area contributed by atoms with E-state index >= 15 is 0 Å². The van der Waals surface area contributed by atoms with Crippen LogP contribution in [-0.4, -0.2) is 18.3 Å². The molecule has 1 N–H and O–H groups in total. The lowest BCUT2D eigenvalue weighted by molar-refractivity contribution is 0.592. The molecule has 2 aliphatic rings. The van der Waals surface area contributed by atoms with Crippen molar-refractivity contribution < 1.29 is 0 Å². The smallest absolute Gasteiger partial charge is 0.0639 e. The Morgan fingerprint density at radius 3 is 3.50 bits per heavy atom. The maximum atomic E-state index is 4.45. The van der Waals surface area contributed by atoms with Gasteiger partial charge < -0.3 is 5.32 Å². The van der Waals surface area contributed by atoms with Crippen LogP contribution in [0.3, 0.4) is 0 Å². The second-order valence-electron chi connectivity index (χ2n) is 2.84. The van der Waals surface area contributed by atoms with E-state index in [0.29, 0.717) is 6.04 Å². The summed E-state index contributed by atoms with van der Waals surface area (Å²) >= 11 is 0. The number of hydrogen-bond acceptors (Lipinski definition) is 2. The van der Waals surface area contributed by atoms with Crippen LogP contribution in [-0.2, 0) is 0 Å². The second-order valence-corrected chi connectivity index (χ2v) is 2.84. The first kappa shape index (κ1) is 5.96. The predicted octanol–water partition coefficient (Wildman–Crippen LogP) is 1.10. The van der Waals surface area contributed by atoms with Gasteiger partial charge in [0.2, 0.25) is 0 Å². The molecule has 1 atom stereocenters. The highest BCUT2D eigenvalue weighted by molar-refractivity contribution is 5.92. The van der Waals surface area contributed by atoms with E-state index in [0.717, 1.165) is 13.0 Å². The number of aliphatic imine (C=N–C) groups is 1. The molecule has 0 spiro atoms. The lowest BCUT2D eigenvalue weighted by Gasteiger charge is -2.25. The van der Waals surface area contributed by atoms with Gasteiger partial charge in [0.25, 0.3) is 0 Å². The molecule has 0 saturated heterocycles. The maximum absolute atomic E-state index is 4.45. The number of fused-ring (bicyclic) bond motifs is 1. The highest BCUT2D eigenvalue weighted by Gasteiger charge is 2.18. The number of nitrogens with one attached hydrogen (secondary N) is 1. The zero-order valence-corrected chi connectivity index (χ0v) is 6.01. The predicted molar refractivity (Wildman–Crippen MR) is 42.2 cm³/mol. The lowest BCUT2D eigenvalue weighted by Crippen LogP contribution is -2.38. The second kappa shape index (κ2) is 2.45. The van der Waals surface area contributed by atoms with Crippen molar-refractivity contribution in [2.45, 2.75) is 25.3 Å². The molecule has 2 aliphatic heterocycles. The molecule has 0 radical (unpaired) electrons. The summed E-state index contributed by atoms with van der Waals surface area (Å²) in [7, 11) is 0. The van der Waals surface area contributed by atoms with Gasteiger partial charge in [-0.25, -0.2) is 0 Å². The van der Waals surface area contributed by atoms with Crippen LogP contribution < -0.4 is 5.32 Å². The minimum Gasteiger partial charge on any atom is -0.383 e. The van der Waals surface area contributed by atoms with E-state index in [4.69, 9.17) is 0 Å². The van der Waals surface area contributed by atoms with Crippen molar-refractivity contribution in [3.63, 3.8) is 0 Å². The Morgan fingerprint density at radius 2 is 2.60 bits per heavy atom. The fourth-order valence-corrected chi connectivity index (χ4v) is 1.55. The number of hydrogen-bond donors (Lipinski definition) is 1. The fourth-order valence-electron chi connectivity index (χ4n) is 1.55. The first-order valence-electron chi connectivity index (χ1n) is 3.91. The zero-order valence-electron chi connectivity index (χ0n) is 6.01. The Bertz CT molecular complexity index is 182. The molecule has 54 valence electrons. The van der Waals surface area contributed by atoms with E-state index in [2.05, 4.69) is 22.6 Å². The largest absolute Gasteiger partial charge is 0.383 e. The van der Waals surface area contributed by atoms with Gasteiger partial charge in [0.05, 0.1) is 6.04 Å². The van der Waals surface area contributed by atoms with Crippen molar-refractivity contribution >= 4 is 5.71 Å². The van der Waals surface area contributed by atoms with Crippen molar-refractivity contribution in [2.24, 2.45) is 4.99 Å². The van der Waals surface area contributed by atoms with Gasteiger partial charge in [0, 0.05) is 18.7 Å². The third-order valence-corrected chi connectivity index (χ3v) is 2.11. The standard InChI is InChI=1S/C8H12N2/c1-3-7-8(9-5-1)4-2-6-10-7/h1,5,8-9H,2-4,6H2. The van der Waals surface area contributed by atoms with E-state index in [-0.39, 0.29) is 0 Å². The Labute approximate surface area is 61.0 Å². The van der Waals surface area contributed by atoms with E-state index in [1.807, 2.05) is 0 Å². The van der Waals surface area contributed by atoms with E-state index < -0.39 is 0 Å². The molecule has 0 saturated carbocycles. The number of nitrogens with zero attached hydrogens (tertiary/aromatic N) is 1. The minimum absolute atomic E-state index is 0.568. The van der Waals surface area contributed by atoms with Crippen LogP contribution in [0.15, 0.2) is 17.3 Å². The topological polar surface area (TPSA) is 24.4 Å². The summed E-state index contributed by atoms with van der Waals surface area (Å²) in [5, 5.41) is 3.31. The summed E-state index contributed by atoms with van der Waals surface area (Å²) in [4.78, 5) is 4.45. The van der Waals surface area contributed by atoms with Crippen molar-refractivity contribution in [3.8, 4) is 0 Å². The highest BCUT2D eigenvalue weighted by atomic mass is 14.9. The number of allylic oxidation sites excluding steroid dienone is 1. The average molecular weight is 136 g/mol. The molecule has 1 unspecified atom stereocenters. The van der Waals surface area contributed by atoms with Crippen molar-refractivity contribution in [1.29, 1.82) is 0 Å². The third kappa shape index (κ3) is 0.939. The Kier molecular flexibility index (Phi) is 1.46. The summed E-state index contributed by atoms with van der Waals surface area (Å²) in [5.74, 6) is 0. The summed E-state index contributed by atoms with van der Waals surface area (Å²) in [6, 6.07) is 0.568. The normalized spacial score (nSPS) is 30.4. The molecule has 0 aromatic carbocycles. The van der Waals surface area contributed by atoms with Gasteiger partial charge in [-0.2, -0.15) is 0 Å². The molecule has 0 aromatic rings. The monoisotopic (exact) mass is 136 g/mol. The molecular weight excluding hydrogens is 124 g/mol. The van der Waals surface area contributed by atoms with Crippen LogP contribution >= 0.6 is 0 Å². The molecule has 0 amide bonds. The van der Waals surface area contributed by atoms with E-state index in [1.165, 1.54) is 18.6 Å². The molecule has 2 nitrogen and oxygen atoms in total. The molecule has 0 bridgehead atoms. The van der Waals surface area contributed by atoms with Gasteiger partial charge in [0.1, 0.15) is 0 Å². The summed E-state index contributed by atoms with van der Waals surface area (Å²) < 4.78 is 0. The highest BCUT2D eigenvalue weighted by Crippen LogP contribution is 2.12. The van der Waals surface area contributed by atoms with Crippen molar-refractivity contribution in [3.05, 3.63) is 12.3 Å². The molecule has 0 fully saturated rings. The summed E-state index contributed by atoms with van der Waals surface area (Å²) in [6.45, 7) is 1.04. The first-order chi connectivity index (χ1) is 4.97. The first-order valence-corrected chi connectivity index (χ1v) is 3.91. The molecular formula is C8H12N2. The van der Waals surface area contributed by atoms with Crippen LogP contribution in [0, 0.1) is 0 Å². The summed E-state index contributed by atoms with van der Waals surface area (Å²) in [6.07, 6.45) is 7.77. The Morgan fingerprint density at radius 1 is 1.60 bits per heavy atom. The minimum atomic E-state index is 0.568. The molecule has 0 aliphatic carbocycles. The molecule has 2 heteroatoms. The van der Waals surface area contributed by atoms with Gasteiger partial charge in [-0.05, 0) is 19.0 Å². The van der Waals surface area contributed by atoms with Crippen LogP contribution in [0.5, 0.6) is 0 Å². The third-order valence-electron chi connectivity index (χ3n) is 2.11. The Balaban J connectivity index is 2.17. The van der Waals surface area contributed by atoms with Crippen LogP contribution in [0.1, 0.15) is 19.3 Å². The van der Waals surface area contributed by atoms with Gasteiger partial charge in [0.15, 0.2) is 0 Å². The quantitative estimate of drug-likeness (QED) is 0.529. The SMILES string of the molecule is C1=CNC2CCCN=C2C1. The van der Waals surface area contributed by atoms with E-state index in [9.17, 15) is 0 Å². The molecule has 2 rings (SSSR count). The van der Waals surface area contributed by atoms with Gasteiger partial charge in [-0.1, -0.05) is 6.08 Å². The van der Waals surface area contributed by atoms with E-state index in [1.54, 1.807) is 0 Å². The van der Waals surface area contributed by atoms with Crippen LogP contribution in [0.25, 0.3) is 0 Å². The Hall–Kier alpha value is -0.790. The summed E-state index contributed by atoms with van der Waals surface area (Å²) in [5.41, 5.74) is 1.36. The lowest BCUT2D eigenvalue weighted by atomic mass is 9.98. The molecule has 2 heterocycles. The molecule has 0 aromatic heterocycles. The van der Waals surface area contributed by atoms with Gasteiger partial charge in [-0.3, -0.25) is 4.99 Å². The van der Waals surface area contributed by atoms with Crippen molar-refractivity contribution in [1.82, 2.24) is 5.32 Å². The van der Waals surface area contributed by atoms with Gasteiger partial charge in [-0.15, -0.1) is 0 Å². The van der Waals surface area contributed by atoms with Crippen LogP contribution in [0.2, 0.25) is 0 Å². The number of rotatable bonds is 0. The van der Waals surface area contributed by atoms with Gasteiger partial charge >= 0.3 is 0 Å².